The Morgan fingerprint density at radius 1 is 1.09 bits per heavy atom. The Balaban J connectivity index is 1.51. The number of aromatic nitrogens is 2. The van der Waals surface area contributed by atoms with E-state index in [1.807, 2.05) is 49.3 Å². The zero-order valence-electron chi connectivity index (χ0n) is 19.6. The number of amides is 1. The normalized spacial score (nSPS) is 11.1. The van der Waals surface area contributed by atoms with Crippen LogP contribution < -0.4 is 20.6 Å². The summed E-state index contributed by atoms with van der Waals surface area (Å²) in [6.07, 6.45) is 1.59. The number of anilines is 1. The van der Waals surface area contributed by atoms with E-state index in [4.69, 9.17) is 4.74 Å². The van der Waals surface area contributed by atoms with Gasteiger partial charge in [0.15, 0.2) is 5.16 Å². The largest absolute Gasteiger partial charge is 0.497 e. The monoisotopic (exact) mass is 487 g/mol. The molecule has 3 aromatic carbocycles. The van der Waals surface area contributed by atoms with Crippen LogP contribution in [0.4, 0.5) is 5.69 Å². The first-order valence-corrected chi connectivity index (χ1v) is 11.8. The first-order valence-electron chi connectivity index (χ1n) is 10.8. The van der Waals surface area contributed by atoms with Crippen LogP contribution in [0.1, 0.15) is 5.56 Å². The second-order valence-electron chi connectivity index (χ2n) is 7.82. The van der Waals surface area contributed by atoms with Crippen molar-refractivity contribution < 1.29 is 9.53 Å². The van der Waals surface area contributed by atoms with Crippen molar-refractivity contribution in [2.24, 2.45) is 5.10 Å². The lowest BCUT2D eigenvalue weighted by atomic mass is 10.2. The van der Waals surface area contributed by atoms with Crippen LogP contribution in [0, 0.1) is 0 Å². The van der Waals surface area contributed by atoms with E-state index in [0.29, 0.717) is 27.5 Å². The van der Waals surface area contributed by atoms with Gasteiger partial charge in [0, 0.05) is 19.8 Å². The van der Waals surface area contributed by atoms with E-state index < -0.39 is 0 Å². The van der Waals surface area contributed by atoms with E-state index in [1.165, 1.54) is 16.3 Å². The van der Waals surface area contributed by atoms with Gasteiger partial charge in [0.2, 0.25) is 0 Å². The molecule has 0 aliphatic rings. The molecule has 4 rings (SSSR count). The average molecular weight is 488 g/mol. The van der Waals surface area contributed by atoms with E-state index in [0.717, 1.165) is 11.3 Å². The molecule has 0 radical (unpaired) electrons. The summed E-state index contributed by atoms with van der Waals surface area (Å²) in [5.41, 5.74) is 5.48. The lowest BCUT2D eigenvalue weighted by Crippen LogP contribution is -2.24. The van der Waals surface area contributed by atoms with Crippen molar-refractivity contribution in [2.75, 3.05) is 31.9 Å². The number of fused-ring (bicyclic) bond motifs is 1. The Bertz CT molecular complexity index is 1410. The summed E-state index contributed by atoms with van der Waals surface area (Å²) in [7, 11) is 5.53. The second kappa shape index (κ2) is 10.9. The third-order valence-corrected chi connectivity index (χ3v) is 6.16. The van der Waals surface area contributed by atoms with Crippen molar-refractivity contribution in [1.29, 1.82) is 0 Å². The molecule has 0 saturated carbocycles. The van der Waals surface area contributed by atoms with Crippen molar-refractivity contribution in [3.05, 3.63) is 88.7 Å². The van der Waals surface area contributed by atoms with E-state index >= 15 is 0 Å². The van der Waals surface area contributed by atoms with Crippen molar-refractivity contribution in [2.45, 2.75) is 5.16 Å². The molecule has 1 aromatic heterocycles. The van der Waals surface area contributed by atoms with Crippen molar-refractivity contribution in [3.8, 4) is 11.4 Å². The predicted octanol–water partition coefficient (Wildman–Crippen LogP) is 3.70. The number of ether oxygens (including phenoxy) is 1. The van der Waals surface area contributed by atoms with Gasteiger partial charge in [0.05, 0.1) is 35.7 Å². The molecule has 0 unspecified atom stereocenters. The Labute approximate surface area is 207 Å². The highest BCUT2D eigenvalue weighted by Gasteiger charge is 2.15. The zero-order chi connectivity index (χ0) is 24.8. The molecular formula is C26H25N5O3S. The van der Waals surface area contributed by atoms with Gasteiger partial charge in [-0.1, -0.05) is 36.0 Å². The highest BCUT2D eigenvalue weighted by molar-refractivity contribution is 7.99. The number of benzene rings is 3. The fourth-order valence-electron chi connectivity index (χ4n) is 3.37. The van der Waals surface area contributed by atoms with Crippen LogP contribution in [0.25, 0.3) is 16.6 Å². The highest BCUT2D eigenvalue weighted by atomic mass is 32.2. The van der Waals surface area contributed by atoms with Crippen LogP contribution in [-0.4, -0.2) is 48.6 Å². The zero-order valence-corrected chi connectivity index (χ0v) is 20.5. The number of nitrogens with zero attached hydrogens (tertiary/aromatic N) is 4. The smallest absolute Gasteiger partial charge is 0.266 e. The van der Waals surface area contributed by atoms with Crippen molar-refractivity contribution in [3.63, 3.8) is 0 Å². The summed E-state index contributed by atoms with van der Waals surface area (Å²) in [4.78, 5) is 32.4. The van der Waals surface area contributed by atoms with E-state index in [9.17, 15) is 9.59 Å². The molecule has 1 N–H and O–H groups in total. The standard InChI is InChI=1S/C26H25N5O3S/c1-30(2)19-10-8-18(9-11-19)16-27-29-24(32)17-35-26-28-23-7-5-4-6-22(23)25(33)31(26)20-12-14-21(34-3)15-13-20/h4-16H,17H2,1-3H3,(H,29,32)/b27-16+. The van der Waals surface area contributed by atoms with Gasteiger partial charge in [-0.05, 0) is 54.1 Å². The molecule has 0 atom stereocenters. The first kappa shape index (κ1) is 24.0. The van der Waals surface area contributed by atoms with Gasteiger partial charge in [0.25, 0.3) is 11.5 Å². The Morgan fingerprint density at radius 2 is 1.80 bits per heavy atom. The number of thioether (sulfide) groups is 1. The fourth-order valence-corrected chi connectivity index (χ4v) is 4.17. The van der Waals surface area contributed by atoms with Gasteiger partial charge in [0.1, 0.15) is 5.75 Å². The fraction of sp³-hybridized carbons (Fsp3) is 0.154. The summed E-state index contributed by atoms with van der Waals surface area (Å²) < 4.78 is 6.73. The summed E-state index contributed by atoms with van der Waals surface area (Å²) in [6.45, 7) is 0. The average Bonchev–Trinajstić information content (AvgIpc) is 2.88. The van der Waals surface area contributed by atoms with E-state index in [2.05, 4.69) is 15.5 Å². The quantitative estimate of drug-likeness (QED) is 0.176. The number of nitrogens with one attached hydrogen (secondary N) is 1. The van der Waals surface area contributed by atoms with Crippen molar-refractivity contribution >= 4 is 40.5 Å². The number of methoxy groups -OCH3 is 1. The lowest BCUT2D eigenvalue weighted by molar-refractivity contribution is -0.118. The molecule has 0 fully saturated rings. The van der Waals surface area contributed by atoms with Gasteiger partial charge in [-0.3, -0.25) is 14.2 Å². The lowest BCUT2D eigenvalue weighted by Gasteiger charge is -2.13. The second-order valence-corrected chi connectivity index (χ2v) is 8.76. The highest BCUT2D eigenvalue weighted by Crippen LogP contribution is 2.22. The maximum absolute atomic E-state index is 13.3. The number of hydrazone groups is 1. The van der Waals surface area contributed by atoms with Gasteiger partial charge < -0.3 is 9.64 Å². The number of rotatable bonds is 8. The predicted molar refractivity (Wildman–Crippen MR) is 141 cm³/mol. The molecule has 1 heterocycles. The van der Waals surface area contributed by atoms with Gasteiger partial charge in [-0.15, -0.1) is 0 Å². The topological polar surface area (TPSA) is 88.8 Å². The van der Waals surface area contributed by atoms with Crippen LogP contribution in [0.2, 0.25) is 0 Å². The Hall–Kier alpha value is -4.11. The molecule has 8 nitrogen and oxygen atoms in total. The molecule has 0 aliphatic heterocycles. The van der Waals surface area contributed by atoms with Crippen LogP contribution >= 0.6 is 11.8 Å². The minimum absolute atomic E-state index is 0.0395. The number of hydrogen-bond donors (Lipinski definition) is 1. The minimum Gasteiger partial charge on any atom is -0.497 e. The maximum Gasteiger partial charge on any atom is 0.266 e. The van der Waals surface area contributed by atoms with E-state index in [1.54, 1.807) is 55.8 Å². The molecule has 9 heteroatoms. The van der Waals surface area contributed by atoms with Gasteiger partial charge in [-0.2, -0.15) is 5.10 Å². The number of para-hydroxylation sites is 1. The van der Waals surface area contributed by atoms with Gasteiger partial charge >= 0.3 is 0 Å². The number of hydrogen-bond acceptors (Lipinski definition) is 7. The van der Waals surface area contributed by atoms with Crippen molar-refractivity contribution in [1.82, 2.24) is 15.0 Å². The van der Waals surface area contributed by atoms with Crippen LogP contribution in [0.5, 0.6) is 5.75 Å². The van der Waals surface area contributed by atoms with Crippen LogP contribution in [0.15, 0.2) is 87.8 Å². The molecule has 0 bridgehead atoms. The number of carbonyl (C=O) groups excluding carboxylic acids is 1. The third-order valence-electron chi connectivity index (χ3n) is 5.22. The third kappa shape index (κ3) is 5.70. The summed E-state index contributed by atoms with van der Waals surface area (Å²) >= 11 is 1.17. The Morgan fingerprint density at radius 3 is 2.49 bits per heavy atom. The molecule has 1 amide bonds. The summed E-state index contributed by atoms with van der Waals surface area (Å²) in [6, 6.07) is 22.1. The molecule has 4 aromatic rings. The van der Waals surface area contributed by atoms with Crippen LogP contribution in [-0.2, 0) is 4.79 Å². The molecule has 0 saturated heterocycles. The minimum atomic E-state index is -0.306. The molecule has 0 aliphatic carbocycles. The molecular weight excluding hydrogens is 462 g/mol. The number of carbonyl (C=O) groups is 1. The molecule has 35 heavy (non-hydrogen) atoms. The molecule has 178 valence electrons. The van der Waals surface area contributed by atoms with E-state index in [-0.39, 0.29) is 17.2 Å². The Kier molecular flexibility index (Phi) is 7.47. The van der Waals surface area contributed by atoms with Crippen LogP contribution in [0.3, 0.4) is 0 Å². The van der Waals surface area contributed by atoms with Gasteiger partial charge in [-0.25, -0.2) is 10.4 Å². The molecule has 0 spiro atoms. The summed E-state index contributed by atoms with van der Waals surface area (Å²) in [5.74, 6) is 0.413. The maximum atomic E-state index is 13.3. The summed E-state index contributed by atoms with van der Waals surface area (Å²) in [5, 5.41) is 4.96. The first-order chi connectivity index (χ1) is 17.0. The SMILES string of the molecule is COc1ccc(-n2c(SCC(=O)N/N=C/c3ccc(N(C)C)cc3)nc3ccccc3c2=O)cc1.